The van der Waals surface area contributed by atoms with Gasteiger partial charge in [-0.25, -0.2) is 8.78 Å². The zero-order valence-corrected chi connectivity index (χ0v) is 20.5. The van der Waals surface area contributed by atoms with Crippen LogP contribution in [0.25, 0.3) is 0 Å². The standard InChI is InChI=1S/2C6HF12NO2.Ca/c2*7-2(1(20)21,3(8,9)10)4(11,12)19(5(13,14)15)6(16,17)18;/h2*(H,20,21);/q;;+2/p-2. The maximum absolute atomic E-state index is 12.9. The van der Waals surface area contributed by atoms with Crippen molar-refractivity contribution in [3.05, 3.63) is 0 Å². The van der Waals surface area contributed by atoms with E-state index in [0.717, 1.165) is 0 Å². The normalized spacial score (nSPS) is 17.3. The first-order valence-corrected chi connectivity index (χ1v) is 8.19. The molecule has 0 fully saturated rings. The van der Waals surface area contributed by atoms with Crippen molar-refractivity contribution in [3.8, 4) is 0 Å². The number of aliphatic carboxylic acids is 2. The molecule has 0 aliphatic heterocycles. The second-order valence-corrected chi connectivity index (χ2v) is 6.51. The van der Waals surface area contributed by atoms with Crippen molar-refractivity contribution in [1.82, 2.24) is 9.80 Å². The van der Waals surface area contributed by atoms with Crippen LogP contribution in [0.5, 0.6) is 0 Å². The summed E-state index contributed by atoms with van der Waals surface area (Å²) in [4.78, 5) is 11.4. The van der Waals surface area contributed by atoms with Crippen LogP contribution < -0.4 is 10.2 Å². The molecular weight excluding hydrogens is 732 g/mol. The van der Waals surface area contributed by atoms with Crippen molar-refractivity contribution < 1.29 is 125 Å². The van der Waals surface area contributed by atoms with Crippen LogP contribution in [-0.4, -0.2) is 120 Å². The molecule has 31 heteroatoms. The summed E-state index contributed by atoms with van der Waals surface area (Å²) in [6.07, 6.45) is -43.8. The largest absolute Gasteiger partial charge is 2.00 e. The van der Waals surface area contributed by atoms with Gasteiger partial charge >= 0.3 is 98.7 Å². The van der Waals surface area contributed by atoms with Crippen molar-refractivity contribution in [2.24, 2.45) is 0 Å². The van der Waals surface area contributed by atoms with Crippen molar-refractivity contribution >= 4 is 49.7 Å². The Morgan fingerprint density at radius 1 is 0.372 bits per heavy atom. The number of nitrogens with zero attached hydrogens (tertiary/aromatic N) is 2. The van der Waals surface area contributed by atoms with Gasteiger partial charge in [0.25, 0.3) is 0 Å². The van der Waals surface area contributed by atoms with E-state index in [0.29, 0.717) is 0 Å². The zero-order chi connectivity index (χ0) is 35.3. The molecule has 0 saturated heterocycles. The Bertz CT molecular complexity index is 872. The zero-order valence-electron chi connectivity index (χ0n) is 18.3. The van der Waals surface area contributed by atoms with Crippen LogP contribution in [-0.2, 0) is 9.59 Å². The Balaban J connectivity index is -0.000000727. The summed E-state index contributed by atoms with van der Waals surface area (Å²) in [7, 11) is 0. The summed E-state index contributed by atoms with van der Waals surface area (Å²) >= 11 is 0. The maximum atomic E-state index is 12.9. The Morgan fingerprint density at radius 2 is 0.512 bits per heavy atom. The Hall–Kier alpha value is -1.56. The van der Waals surface area contributed by atoms with Crippen molar-refractivity contribution in [2.45, 2.75) is 61.0 Å². The number of carbonyl (C=O) groups is 2. The molecule has 6 nitrogen and oxygen atoms in total. The molecule has 0 amide bonds. The van der Waals surface area contributed by atoms with Crippen LogP contribution in [0.3, 0.4) is 0 Å². The third kappa shape index (κ3) is 8.79. The number of halogens is 24. The van der Waals surface area contributed by atoms with Gasteiger partial charge in [-0.3, -0.25) is 0 Å². The number of alkyl halides is 24. The third-order valence-corrected chi connectivity index (χ3v) is 3.75. The average Bonchev–Trinajstić information content (AvgIpc) is 2.58. The van der Waals surface area contributed by atoms with Gasteiger partial charge in [0.15, 0.2) is 0 Å². The smallest absolute Gasteiger partial charge is 0.546 e. The van der Waals surface area contributed by atoms with E-state index in [9.17, 15) is 125 Å². The summed E-state index contributed by atoms with van der Waals surface area (Å²) in [5.74, 6) is -9.06. The number of hydrogen-bond donors (Lipinski definition) is 0. The number of rotatable bonds is 6. The van der Waals surface area contributed by atoms with Gasteiger partial charge in [0.05, 0.1) is 11.9 Å². The van der Waals surface area contributed by atoms with Gasteiger partial charge in [-0.05, 0) is 0 Å². The minimum absolute atomic E-state index is 0. The van der Waals surface area contributed by atoms with Crippen LogP contribution in [0.4, 0.5) is 105 Å². The molecule has 0 aromatic rings. The number of carboxylic acids is 2. The summed E-state index contributed by atoms with van der Waals surface area (Å²) in [6.45, 7) is 0. The second-order valence-electron chi connectivity index (χ2n) is 6.51. The number of hydrogen-bond acceptors (Lipinski definition) is 6. The first kappa shape index (κ1) is 45.9. The monoisotopic (exact) mass is 732 g/mol. The van der Waals surface area contributed by atoms with Crippen LogP contribution in [0.2, 0.25) is 0 Å². The molecule has 2 atom stereocenters. The van der Waals surface area contributed by atoms with Gasteiger partial charge in [-0.15, -0.1) is 0 Å². The van der Waals surface area contributed by atoms with Crippen molar-refractivity contribution in [3.63, 3.8) is 0 Å². The fourth-order valence-corrected chi connectivity index (χ4v) is 2.05. The maximum Gasteiger partial charge on any atom is 2.00 e. The van der Waals surface area contributed by atoms with E-state index in [2.05, 4.69) is 0 Å². The van der Waals surface area contributed by atoms with E-state index >= 15 is 0 Å². The van der Waals surface area contributed by atoms with Crippen LogP contribution in [0.1, 0.15) is 0 Å². The fraction of sp³-hybridized carbons (Fsp3) is 0.833. The quantitative estimate of drug-likeness (QED) is 0.236. The summed E-state index contributed by atoms with van der Waals surface area (Å²) in [6, 6.07) is -15.2. The van der Waals surface area contributed by atoms with Crippen LogP contribution in [0.15, 0.2) is 0 Å². The molecule has 0 bridgehead atoms. The Labute approximate surface area is 245 Å². The molecule has 0 aromatic carbocycles. The minimum atomic E-state index is -7.62. The van der Waals surface area contributed by atoms with E-state index in [4.69, 9.17) is 0 Å². The molecule has 0 rings (SSSR count). The number of carbonyl (C=O) groups excluding carboxylic acids is 2. The molecule has 0 aliphatic rings. The van der Waals surface area contributed by atoms with Gasteiger partial charge in [0.1, 0.15) is 0 Å². The van der Waals surface area contributed by atoms with E-state index in [1.807, 2.05) is 0 Å². The number of carboxylic acid groups (broad SMARTS) is 2. The van der Waals surface area contributed by atoms with Gasteiger partial charge in [-0.1, -0.05) is 9.80 Å². The molecule has 0 spiro atoms. The summed E-state index contributed by atoms with van der Waals surface area (Å²) < 4.78 is 291. The van der Waals surface area contributed by atoms with Gasteiger partial charge < -0.3 is 19.8 Å². The van der Waals surface area contributed by atoms with E-state index in [1.165, 1.54) is 0 Å². The third-order valence-electron chi connectivity index (χ3n) is 3.75. The molecule has 0 heterocycles. The van der Waals surface area contributed by atoms with E-state index in [-0.39, 0.29) is 37.7 Å². The topological polar surface area (TPSA) is 86.7 Å². The molecule has 0 aromatic heterocycles. The van der Waals surface area contributed by atoms with E-state index in [1.54, 1.807) is 0 Å². The predicted molar refractivity (Wildman–Crippen MR) is 73.3 cm³/mol. The fourth-order valence-electron chi connectivity index (χ4n) is 2.05. The second kappa shape index (κ2) is 12.7. The van der Waals surface area contributed by atoms with Gasteiger partial charge in [0, 0.05) is 0 Å². The Kier molecular flexibility index (Phi) is 13.5. The molecule has 0 radical (unpaired) electrons. The molecular formula is C12CaF24N2O4. The van der Waals surface area contributed by atoms with E-state index < -0.39 is 82.7 Å². The summed E-state index contributed by atoms with van der Waals surface area (Å²) in [5, 5.41) is 19.7. The van der Waals surface area contributed by atoms with Crippen molar-refractivity contribution in [1.29, 1.82) is 0 Å². The minimum Gasteiger partial charge on any atom is -0.546 e. The van der Waals surface area contributed by atoms with Crippen LogP contribution >= 0.6 is 0 Å². The molecule has 43 heavy (non-hydrogen) atoms. The summed E-state index contributed by atoms with van der Waals surface area (Å²) in [5.41, 5.74) is -14.5. The predicted octanol–water partition coefficient (Wildman–Crippen LogP) is 3.50. The molecule has 2 unspecified atom stereocenters. The van der Waals surface area contributed by atoms with Gasteiger partial charge in [-0.2, -0.15) is 96.6 Å². The van der Waals surface area contributed by atoms with Crippen molar-refractivity contribution in [2.75, 3.05) is 0 Å². The molecule has 0 saturated carbocycles. The SMILES string of the molecule is O=C([O-])C(F)(C(F)(F)F)C(F)(F)N(C(F)(F)F)C(F)(F)F.O=C([O-])C(F)(C(F)(F)F)C(F)(F)N(C(F)(F)F)C(F)(F)F.[Ca+2]. The first-order valence-electron chi connectivity index (χ1n) is 8.19. The molecule has 0 N–H and O–H groups in total. The average molecular weight is 732 g/mol. The van der Waals surface area contributed by atoms with Gasteiger partial charge in [0.2, 0.25) is 0 Å². The van der Waals surface area contributed by atoms with Crippen LogP contribution in [0, 0.1) is 0 Å². The first-order chi connectivity index (χ1) is 17.6. The molecule has 252 valence electrons. The molecule has 0 aliphatic carbocycles. The Morgan fingerprint density at radius 3 is 0.581 bits per heavy atom.